The summed E-state index contributed by atoms with van der Waals surface area (Å²) in [6, 6.07) is 4.38. The molecular formula is C25H41N3O6. The van der Waals surface area contributed by atoms with Gasteiger partial charge in [-0.3, -0.25) is 9.59 Å². The molecule has 0 unspecified atom stereocenters. The summed E-state index contributed by atoms with van der Waals surface area (Å²) in [6.07, 6.45) is 0.849. The highest BCUT2D eigenvalue weighted by molar-refractivity contribution is 5.92. The number of aromatic hydroxyl groups is 1. The topological polar surface area (TPSA) is 140 Å². The van der Waals surface area contributed by atoms with E-state index in [-0.39, 0.29) is 29.7 Å². The van der Waals surface area contributed by atoms with Crippen molar-refractivity contribution in [2.75, 3.05) is 11.9 Å². The minimum atomic E-state index is -0.676. The van der Waals surface area contributed by atoms with Crippen molar-refractivity contribution >= 4 is 23.7 Å². The van der Waals surface area contributed by atoms with Crippen LogP contribution >= 0.6 is 0 Å². The fourth-order valence-electron chi connectivity index (χ4n) is 3.16. The van der Waals surface area contributed by atoms with Gasteiger partial charge in [0, 0.05) is 12.5 Å². The molecular weight excluding hydrogens is 438 g/mol. The molecule has 9 heteroatoms. The van der Waals surface area contributed by atoms with Crippen LogP contribution in [-0.4, -0.2) is 46.9 Å². The Balaban J connectivity index is 3.03. The number of ether oxygens (including phenoxy) is 2. The van der Waals surface area contributed by atoms with Gasteiger partial charge in [-0.15, -0.1) is 0 Å². The van der Waals surface area contributed by atoms with Crippen molar-refractivity contribution in [3.8, 4) is 5.75 Å². The van der Waals surface area contributed by atoms with Crippen LogP contribution < -0.4 is 16.4 Å². The van der Waals surface area contributed by atoms with Gasteiger partial charge in [0.2, 0.25) is 5.91 Å². The molecule has 0 heterocycles. The predicted molar refractivity (Wildman–Crippen MR) is 132 cm³/mol. The van der Waals surface area contributed by atoms with Gasteiger partial charge in [-0.05, 0) is 85.0 Å². The van der Waals surface area contributed by atoms with Crippen LogP contribution in [0, 0.1) is 5.92 Å². The van der Waals surface area contributed by atoms with Crippen LogP contribution in [-0.2, 0) is 25.5 Å². The van der Waals surface area contributed by atoms with E-state index in [2.05, 4.69) is 10.6 Å². The average molecular weight is 480 g/mol. The summed E-state index contributed by atoms with van der Waals surface area (Å²) in [5.74, 6) is -1.16. The highest BCUT2D eigenvalue weighted by Gasteiger charge is 2.27. The lowest BCUT2D eigenvalue weighted by Gasteiger charge is -2.27. The highest BCUT2D eigenvalue weighted by Crippen LogP contribution is 2.26. The number of anilines is 1. The molecule has 0 bridgehead atoms. The normalized spacial score (nSPS) is 13.5. The fraction of sp³-hybridized carbons (Fsp3) is 0.640. The molecule has 34 heavy (non-hydrogen) atoms. The molecule has 0 radical (unpaired) electrons. The maximum atomic E-state index is 12.5. The Bertz CT molecular complexity index is 842. The molecule has 0 aliphatic carbocycles. The monoisotopic (exact) mass is 479 g/mol. The van der Waals surface area contributed by atoms with E-state index >= 15 is 0 Å². The van der Waals surface area contributed by atoms with Gasteiger partial charge < -0.3 is 30.9 Å². The van der Waals surface area contributed by atoms with Crippen molar-refractivity contribution in [1.82, 2.24) is 5.32 Å². The van der Waals surface area contributed by atoms with Crippen LogP contribution in [0.15, 0.2) is 18.2 Å². The number of hydrogen-bond donors (Lipinski definition) is 4. The van der Waals surface area contributed by atoms with Crippen LogP contribution in [0.4, 0.5) is 10.5 Å². The van der Waals surface area contributed by atoms with Crippen LogP contribution in [0.2, 0.25) is 0 Å². The molecule has 2 atom stereocenters. The number of amides is 2. The van der Waals surface area contributed by atoms with Gasteiger partial charge in [-0.25, -0.2) is 4.79 Å². The summed E-state index contributed by atoms with van der Waals surface area (Å²) >= 11 is 0. The number of carbonyl (C=O) groups excluding carboxylic acids is 3. The lowest BCUT2D eigenvalue weighted by atomic mass is 9.95. The number of rotatable bonds is 10. The molecule has 1 rings (SSSR count). The number of benzene rings is 1. The molecule has 1 aromatic carbocycles. The molecule has 0 saturated carbocycles. The second-order valence-corrected chi connectivity index (χ2v) is 10.5. The van der Waals surface area contributed by atoms with E-state index in [1.165, 1.54) is 6.07 Å². The van der Waals surface area contributed by atoms with Gasteiger partial charge in [0.15, 0.2) is 0 Å². The van der Waals surface area contributed by atoms with Gasteiger partial charge >= 0.3 is 12.1 Å². The Labute approximate surface area is 202 Å². The number of phenols is 1. The maximum Gasteiger partial charge on any atom is 0.407 e. The molecule has 192 valence electrons. The number of esters is 1. The van der Waals surface area contributed by atoms with E-state index in [1.54, 1.807) is 60.6 Å². The van der Waals surface area contributed by atoms with E-state index in [9.17, 15) is 19.5 Å². The lowest BCUT2D eigenvalue weighted by molar-refractivity contribution is -0.159. The smallest absolute Gasteiger partial charge is 0.407 e. The SMILES string of the molecule is C[C@@H](C[C@H](Cc1ccc(O)c(NC(=O)CCCN)c1)NC(=O)OC(C)(C)C)C(=O)OC(C)(C)C. The summed E-state index contributed by atoms with van der Waals surface area (Å²) < 4.78 is 10.9. The summed E-state index contributed by atoms with van der Waals surface area (Å²) in [4.78, 5) is 37.0. The van der Waals surface area contributed by atoms with E-state index in [0.717, 1.165) is 5.56 Å². The largest absolute Gasteiger partial charge is 0.506 e. The zero-order valence-electron chi connectivity index (χ0n) is 21.5. The first kappa shape index (κ1) is 29.2. The summed E-state index contributed by atoms with van der Waals surface area (Å²) in [5.41, 5.74) is 5.18. The zero-order chi connectivity index (χ0) is 26.1. The fourth-order valence-corrected chi connectivity index (χ4v) is 3.16. The molecule has 0 aromatic heterocycles. The number of phenolic OH excluding ortho intramolecular Hbond substituents is 1. The van der Waals surface area contributed by atoms with Gasteiger partial charge in [-0.2, -0.15) is 0 Å². The Kier molecular flexibility index (Phi) is 10.8. The first-order valence-corrected chi connectivity index (χ1v) is 11.6. The number of hydrogen-bond acceptors (Lipinski definition) is 7. The standard InChI is InChI=1S/C25H41N3O6/c1-16(22(31)33-24(2,3)4)13-18(27-23(32)34-25(5,6)7)14-17-10-11-20(29)19(15-17)28-21(30)9-8-12-26/h10-11,15-16,18,29H,8-9,12-14,26H2,1-7H3,(H,27,32)(H,28,30)/t16-,18+/m0/s1. The van der Waals surface area contributed by atoms with Crippen molar-refractivity contribution < 1.29 is 29.0 Å². The van der Waals surface area contributed by atoms with Crippen molar-refractivity contribution in [2.45, 2.75) is 91.4 Å². The van der Waals surface area contributed by atoms with E-state index in [4.69, 9.17) is 15.2 Å². The minimum absolute atomic E-state index is 0.0661. The van der Waals surface area contributed by atoms with Crippen LogP contribution in [0.1, 0.15) is 73.3 Å². The molecule has 0 fully saturated rings. The Morgan fingerprint density at radius 2 is 1.68 bits per heavy atom. The molecule has 0 aliphatic heterocycles. The predicted octanol–water partition coefficient (Wildman–Crippen LogP) is 3.87. The third kappa shape index (κ3) is 11.9. The van der Waals surface area contributed by atoms with Crippen molar-refractivity contribution in [3.63, 3.8) is 0 Å². The lowest BCUT2D eigenvalue weighted by Crippen LogP contribution is -2.42. The first-order valence-electron chi connectivity index (χ1n) is 11.6. The zero-order valence-corrected chi connectivity index (χ0v) is 21.5. The third-order valence-electron chi connectivity index (χ3n) is 4.59. The number of alkyl carbamates (subject to hydrolysis) is 1. The van der Waals surface area contributed by atoms with Crippen LogP contribution in [0.5, 0.6) is 5.75 Å². The van der Waals surface area contributed by atoms with Crippen molar-refractivity contribution in [2.24, 2.45) is 11.7 Å². The van der Waals surface area contributed by atoms with Crippen LogP contribution in [0.3, 0.4) is 0 Å². The molecule has 5 N–H and O–H groups in total. The van der Waals surface area contributed by atoms with Gasteiger partial charge in [0.1, 0.15) is 17.0 Å². The third-order valence-corrected chi connectivity index (χ3v) is 4.59. The number of nitrogens with two attached hydrogens (primary N) is 1. The average Bonchev–Trinajstić information content (AvgIpc) is 2.66. The molecule has 0 aliphatic rings. The van der Waals surface area contributed by atoms with E-state index in [1.807, 2.05) is 0 Å². The Morgan fingerprint density at radius 1 is 1.06 bits per heavy atom. The number of nitrogens with one attached hydrogen (secondary N) is 2. The summed E-state index contributed by atoms with van der Waals surface area (Å²) in [6.45, 7) is 12.8. The van der Waals surface area contributed by atoms with Crippen molar-refractivity contribution in [3.05, 3.63) is 23.8 Å². The Morgan fingerprint density at radius 3 is 2.24 bits per heavy atom. The van der Waals surface area contributed by atoms with Crippen molar-refractivity contribution in [1.29, 1.82) is 0 Å². The molecule has 0 saturated heterocycles. The van der Waals surface area contributed by atoms with E-state index < -0.39 is 29.3 Å². The number of carbonyl (C=O) groups is 3. The van der Waals surface area contributed by atoms with Gasteiger partial charge in [0.05, 0.1) is 11.6 Å². The van der Waals surface area contributed by atoms with Gasteiger partial charge in [0.25, 0.3) is 0 Å². The highest BCUT2D eigenvalue weighted by atomic mass is 16.6. The quantitative estimate of drug-likeness (QED) is 0.295. The van der Waals surface area contributed by atoms with Crippen LogP contribution in [0.25, 0.3) is 0 Å². The summed E-state index contributed by atoms with van der Waals surface area (Å²) in [7, 11) is 0. The second-order valence-electron chi connectivity index (χ2n) is 10.5. The molecule has 0 spiro atoms. The summed E-state index contributed by atoms with van der Waals surface area (Å²) in [5, 5.41) is 15.7. The minimum Gasteiger partial charge on any atom is -0.506 e. The molecule has 2 amide bonds. The maximum absolute atomic E-state index is 12.5. The Hall–Kier alpha value is -2.81. The molecule has 9 nitrogen and oxygen atoms in total. The first-order chi connectivity index (χ1) is 15.6. The second kappa shape index (κ2) is 12.6. The molecule has 1 aromatic rings. The van der Waals surface area contributed by atoms with E-state index in [0.29, 0.717) is 25.8 Å². The van der Waals surface area contributed by atoms with Gasteiger partial charge in [-0.1, -0.05) is 13.0 Å².